The Bertz CT molecular complexity index is 1540. The minimum absolute atomic E-state index is 0.282. The number of imidazole rings is 1. The summed E-state index contributed by atoms with van der Waals surface area (Å²) in [7, 11) is 0. The van der Waals surface area contributed by atoms with Crippen molar-refractivity contribution in [2.24, 2.45) is 0 Å². The molecule has 0 spiro atoms. The van der Waals surface area contributed by atoms with E-state index in [4.69, 9.17) is 4.98 Å². The molecule has 0 radical (unpaired) electrons. The second-order valence-electron chi connectivity index (χ2n) is 7.38. The van der Waals surface area contributed by atoms with Crippen LogP contribution in [0.1, 0.15) is 5.56 Å². The highest BCUT2D eigenvalue weighted by Gasteiger charge is 2.17. The highest BCUT2D eigenvalue weighted by Crippen LogP contribution is 2.37. The van der Waals surface area contributed by atoms with Crippen LogP contribution >= 0.6 is 0 Å². The molecule has 0 aliphatic heterocycles. The van der Waals surface area contributed by atoms with Crippen LogP contribution in [0.5, 0.6) is 0 Å². The lowest BCUT2D eigenvalue weighted by Crippen LogP contribution is -1.90. The lowest BCUT2D eigenvalue weighted by molar-refractivity contribution is 0.629. The van der Waals surface area contributed by atoms with Gasteiger partial charge in [-0.25, -0.2) is 14.4 Å². The van der Waals surface area contributed by atoms with Crippen LogP contribution in [-0.4, -0.2) is 25.1 Å². The molecule has 144 valence electrons. The standard InChI is InChI=1S/C24H16FN5/c1-13-5-4-8-19(25)20(13)24-28-21-16-7-3-2-6-15(16)18-11-14(23-26-12-27-30-23)9-10-17(18)22(21)29-24/h2-12H,1H3,(H,28,29)(H,26,27,30). The third kappa shape index (κ3) is 2.37. The van der Waals surface area contributed by atoms with Crippen molar-refractivity contribution in [1.82, 2.24) is 25.1 Å². The quantitative estimate of drug-likeness (QED) is 0.367. The third-order valence-electron chi connectivity index (χ3n) is 5.61. The molecule has 0 unspecified atom stereocenters. The van der Waals surface area contributed by atoms with Crippen LogP contribution in [0.3, 0.4) is 0 Å². The molecule has 6 aromatic rings. The predicted octanol–water partition coefficient (Wildman–Crippen LogP) is 5.77. The number of hydrogen-bond donors (Lipinski definition) is 2. The molecule has 4 aromatic carbocycles. The molecule has 0 atom stereocenters. The highest BCUT2D eigenvalue weighted by molar-refractivity contribution is 6.24. The topological polar surface area (TPSA) is 70.2 Å². The first kappa shape index (κ1) is 16.9. The molecule has 0 aliphatic carbocycles. The van der Waals surface area contributed by atoms with Crippen molar-refractivity contribution < 1.29 is 4.39 Å². The molecule has 6 heteroatoms. The van der Waals surface area contributed by atoms with Crippen molar-refractivity contribution in [2.45, 2.75) is 6.92 Å². The Morgan fingerprint density at radius 2 is 1.70 bits per heavy atom. The van der Waals surface area contributed by atoms with Crippen molar-refractivity contribution >= 4 is 32.6 Å². The molecule has 0 aliphatic rings. The summed E-state index contributed by atoms with van der Waals surface area (Å²) in [5.74, 6) is 0.973. The van der Waals surface area contributed by atoms with E-state index in [0.717, 1.165) is 43.7 Å². The number of aromatic amines is 2. The Kier molecular flexibility index (Phi) is 3.49. The van der Waals surface area contributed by atoms with Crippen molar-refractivity contribution in [2.75, 3.05) is 0 Å². The van der Waals surface area contributed by atoms with Gasteiger partial charge in [0.15, 0.2) is 5.82 Å². The van der Waals surface area contributed by atoms with Gasteiger partial charge in [0.1, 0.15) is 18.0 Å². The number of benzene rings is 4. The molecule has 0 bridgehead atoms. The van der Waals surface area contributed by atoms with E-state index < -0.39 is 0 Å². The van der Waals surface area contributed by atoms with Gasteiger partial charge >= 0.3 is 0 Å². The lowest BCUT2D eigenvalue weighted by atomic mass is 9.98. The molecule has 2 aromatic heterocycles. The maximum atomic E-state index is 14.6. The zero-order chi connectivity index (χ0) is 20.2. The Hall–Kier alpha value is -4.06. The van der Waals surface area contributed by atoms with Crippen LogP contribution in [0.25, 0.3) is 55.4 Å². The molecule has 30 heavy (non-hydrogen) atoms. The van der Waals surface area contributed by atoms with Crippen LogP contribution in [0.4, 0.5) is 4.39 Å². The summed E-state index contributed by atoms with van der Waals surface area (Å²) in [4.78, 5) is 12.5. The lowest BCUT2D eigenvalue weighted by Gasteiger charge is -2.07. The summed E-state index contributed by atoms with van der Waals surface area (Å²) in [6.07, 6.45) is 1.50. The first-order chi connectivity index (χ1) is 14.7. The number of hydrogen-bond acceptors (Lipinski definition) is 3. The van der Waals surface area contributed by atoms with Crippen molar-refractivity contribution in [1.29, 1.82) is 0 Å². The van der Waals surface area contributed by atoms with Crippen LogP contribution in [0, 0.1) is 12.7 Å². The second-order valence-corrected chi connectivity index (χ2v) is 7.38. The molecular weight excluding hydrogens is 377 g/mol. The number of H-pyrrole nitrogens is 2. The zero-order valence-electron chi connectivity index (χ0n) is 16.1. The smallest absolute Gasteiger partial charge is 0.155 e. The van der Waals surface area contributed by atoms with Gasteiger partial charge in [0.25, 0.3) is 0 Å². The zero-order valence-corrected chi connectivity index (χ0v) is 16.1. The molecule has 0 saturated carbocycles. The van der Waals surface area contributed by atoms with Crippen LogP contribution in [0.2, 0.25) is 0 Å². The average Bonchev–Trinajstić information content (AvgIpc) is 3.44. The van der Waals surface area contributed by atoms with Gasteiger partial charge in [-0.1, -0.05) is 48.5 Å². The van der Waals surface area contributed by atoms with Crippen molar-refractivity contribution in [3.05, 3.63) is 78.4 Å². The molecule has 0 saturated heterocycles. The van der Waals surface area contributed by atoms with Crippen LogP contribution in [0.15, 0.2) is 67.0 Å². The minimum atomic E-state index is -0.282. The van der Waals surface area contributed by atoms with Gasteiger partial charge in [0, 0.05) is 16.3 Å². The summed E-state index contributed by atoms with van der Waals surface area (Å²) < 4.78 is 14.6. The average molecular weight is 393 g/mol. The third-order valence-corrected chi connectivity index (χ3v) is 5.61. The molecule has 5 nitrogen and oxygen atoms in total. The van der Waals surface area contributed by atoms with Gasteiger partial charge in [0.2, 0.25) is 0 Å². The van der Waals surface area contributed by atoms with Gasteiger partial charge < -0.3 is 4.98 Å². The second kappa shape index (κ2) is 6.22. The Morgan fingerprint density at radius 1 is 0.833 bits per heavy atom. The summed E-state index contributed by atoms with van der Waals surface area (Å²) in [6.45, 7) is 1.89. The molecule has 0 amide bonds. The molecule has 0 fully saturated rings. The van der Waals surface area contributed by atoms with Crippen LogP contribution < -0.4 is 0 Å². The van der Waals surface area contributed by atoms with E-state index in [1.165, 1.54) is 12.4 Å². The van der Waals surface area contributed by atoms with E-state index in [2.05, 4.69) is 44.4 Å². The van der Waals surface area contributed by atoms with Gasteiger partial charge in [-0.3, -0.25) is 5.10 Å². The van der Waals surface area contributed by atoms with E-state index in [-0.39, 0.29) is 5.82 Å². The van der Waals surface area contributed by atoms with Gasteiger partial charge in [-0.05, 0) is 35.4 Å². The highest BCUT2D eigenvalue weighted by atomic mass is 19.1. The van der Waals surface area contributed by atoms with Crippen molar-refractivity contribution in [3.63, 3.8) is 0 Å². The molecule has 2 heterocycles. The number of nitrogens with one attached hydrogen (secondary N) is 2. The number of aromatic nitrogens is 5. The van der Waals surface area contributed by atoms with E-state index in [0.29, 0.717) is 17.2 Å². The SMILES string of the molecule is Cc1cccc(F)c1-c1nc2c3ccccc3c3cc(-c4ncn[nH]4)ccc3c2[nH]1. The normalized spacial score (nSPS) is 11.7. The van der Waals surface area contributed by atoms with E-state index >= 15 is 0 Å². The maximum absolute atomic E-state index is 14.6. The first-order valence-corrected chi connectivity index (χ1v) is 9.66. The Morgan fingerprint density at radius 3 is 2.50 bits per heavy atom. The number of halogens is 1. The van der Waals surface area contributed by atoms with Gasteiger partial charge in [-0.2, -0.15) is 5.10 Å². The number of rotatable bonds is 2. The number of aryl methyl sites for hydroxylation is 1. The Balaban J connectivity index is 1.73. The fourth-order valence-electron chi connectivity index (χ4n) is 4.21. The van der Waals surface area contributed by atoms with E-state index in [1.54, 1.807) is 6.07 Å². The van der Waals surface area contributed by atoms with E-state index in [9.17, 15) is 4.39 Å². The summed E-state index contributed by atoms with van der Waals surface area (Å²) >= 11 is 0. The fourth-order valence-corrected chi connectivity index (χ4v) is 4.21. The molecule has 6 rings (SSSR count). The monoisotopic (exact) mass is 393 g/mol. The largest absolute Gasteiger partial charge is 0.337 e. The summed E-state index contributed by atoms with van der Waals surface area (Å²) in [6, 6.07) is 19.4. The molecule has 2 N–H and O–H groups in total. The first-order valence-electron chi connectivity index (χ1n) is 9.66. The van der Waals surface area contributed by atoms with Crippen molar-refractivity contribution in [3.8, 4) is 22.8 Å². The number of fused-ring (bicyclic) bond motifs is 6. The van der Waals surface area contributed by atoms with Crippen LogP contribution in [-0.2, 0) is 0 Å². The maximum Gasteiger partial charge on any atom is 0.155 e. The van der Waals surface area contributed by atoms with E-state index in [1.807, 2.05) is 31.2 Å². The summed E-state index contributed by atoms with van der Waals surface area (Å²) in [5, 5.41) is 11.1. The molecular formula is C24H16FN5. The fraction of sp³-hybridized carbons (Fsp3) is 0.0417. The van der Waals surface area contributed by atoms with Gasteiger partial charge in [-0.15, -0.1) is 0 Å². The predicted molar refractivity (Wildman–Crippen MR) is 117 cm³/mol. The Labute approximate surface area is 170 Å². The minimum Gasteiger partial charge on any atom is -0.337 e. The number of nitrogens with zero attached hydrogens (tertiary/aromatic N) is 3. The summed E-state index contributed by atoms with van der Waals surface area (Å²) in [5.41, 5.74) is 4.03. The van der Waals surface area contributed by atoms with Gasteiger partial charge in [0.05, 0.1) is 16.6 Å².